The molecule has 3 nitrogen and oxygen atoms in total. The Morgan fingerprint density at radius 2 is 1.64 bits per heavy atom. The van der Waals surface area contributed by atoms with Crippen LogP contribution in [0.15, 0.2) is 24.3 Å². The second kappa shape index (κ2) is 8.04. The van der Waals surface area contributed by atoms with Crippen LogP contribution in [0.5, 0.6) is 0 Å². The molecule has 25 heavy (non-hydrogen) atoms. The van der Waals surface area contributed by atoms with E-state index in [1.54, 1.807) is 0 Å². The van der Waals surface area contributed by atoms with Crippen LogP contribution in [0.3, 0.4) is 0 Å². The van der Waals surface area contributed by atoms with Gasteiger partial charge >= 0.3 is 0 Å². The smallest absolute Gasteiger partial charge is 0.252 e. The molecule has 1 saturated heterocycles. The monoisotopic (exact) mass is 404 g/mol. The number of nitrogens with one attached hydrogen (secondary N) is 1. The molecule has 1 atom stereocenters. The third-order valence-corrected chi connectivity index (χ3v) is 5.39. The molecule has 1 heterocycles. The molecule has 1 aliphatic rings. The van der Waals surface area contributed by atoms with Gasteiger partial charge in [0.1, 0.15) is 6.17 Å². The van der Waals surface area contributed by atoms with Crippen LogP contribution in [0.2, 0.25) is 0 Å². The van der Waals surface area contributed by atoms with Gasteiger partial charge in [0, 0.05) is 18.7 Å². The number of hydrogen-bond donors (Lipinski definition) is 1. The number of amides is 1. The first-order valence-electron chi connectivity index (χ1n) is 8.70. The Balaban J connectivity index is 2.11. The lowest BCUT2D eigenvalue weighted by Crippen LogP contribution is -2.57. The molecule has 1 amide bonds. The number of halogens is 3. The van der Waals surface area contributed by atoms with E-state index in [0.717, 1.165) is 25.9 Å². The SMILES string of the molecule is CC1CCN([C@@H](NC(=O)c2ccc(C(C)(C)C)cc2)C(Cl)(Cl)Cl)CC1. The van der Waals surface area contributed by atoms with Crippen LogP contribution in [-0.4, -0.2) is 33.9 Å². The number of rotatable bonds is 3. The summed E-state index contributed by atoms with van der Waals surface area (Å²) in [4.78, 5) is 14.7. The Morgan fingerprint density at radius 1 is 1.12 bits per heavy atom. The first-order valence-corrected chi connectivity index (χ1v) is 9.84. The summed E-state index contributed by atoms with van der Waals surface area (Å²) in [5.74, 6) is 0.434. The number of carbonyl (C=O) groups excluding carboxylic acids is 1. The minimum absolute atomic E-state index is 0.0413. The highest BCUT2D eigenvalue weighted by Crippen LogP contribution is 2.34. The Bertz CT molecular complexity index is 582. The van der Waals surface area contributed by atoms with E-state index >= 15 is 0 Å². The molecular weight excluding hydrogens is 379 g/mol. The topological polar surface area (TPSA) is 32.3 Å². The van der Waals surface area contributed by atoms with Crippen molar-refractivity contribution in [2.45, 2.75) is 55.9 Å². The maximum atomic E-state index is 12.7. The Hall–Kier alpha value is -0.480. The van der Waals surface area contributed by atoms with Crippen LogP contribution in [0.1, 0.15) is 56.5 Å². The van der Waals surface area contributed by atoms with Crippen LogP contribution in [0, 0.1) is 5.92 Å². The molecular formula is C19H27Cl3N2O. The largest absolute Gasteiger partial charge is 0.332 e. The van der Waals surface area contributed by atoms with E-state index in [2.05, 4.69) is 37.9 Å². The van der Waals surface area contributed by atoms with Crippen LogP contribution in [0.4, 0.5) is 0 Å². The highest BCUT2D eigenvalue weighted by atomic mass is 35.6. The molecule has 1 N–H and O–H groups in total. The lowest BCUT2D eigenvalue weighted by molar-refractivity contribution is 0.0785. The predicted molar refractivity (Wildman–Crippen MR) is 107 cm³/mol. The van der Waals surface area contributed by atoms with Crippen molar-refractivity contribution >= 4 is 40.7 Å². The van der Waals surface area contributed by atoms with Crippen molar-refractivity contribution in [2.75, 3.05) is 13.1 Å². The summed E-state index contributed by atoms with van der Waals surface area (Å²) < 4.78 is -1.58. The van der Waals surface area contributed by atoms with Gasteiger partial charge in [-0.05, 0) is 41.9 Å². The fourth-order valence-corrected chi connectivity index (χ4v) is 3.57. The van der Waals surface area contributed by atoms with Gasteiger partial charge in [-0.3, -0.25) is 9.69 Å². The number of alkyl halides is 3. The number of piperidine rings is 1. The number of hydrogen-bond acceptors (Lipinski definition) is 2. The standard InChI is InChI=1S/C19H27Cl3N2O/c1-13-9-11-24(12-10-13)17(19(20,21)22)23-16(25)14-5-7-15(8-6-14)18(2,3)4/h5-8,13,17H,9-12H2,1-4H3,(H,23,25)/t17-/m1/s1. The van der Waals surface area contributed by atoms with Gasteiger partial charge < -0.3 is 5.32 Å². The number of likely N-dealkylation sites (tertiary alicyclic amines) is 1. The summed E-state index contributed by atoms with van der Waals surface area (Å²) in [5, 5.41) is 2.91. The molecule has 1 aromatic carbocycles. The normalized spacial score (nSPS) is 18.8. The molecule has 1 aliphatic heterocycles. The summed E-state index contributed by atoms with van der Waals surface area (Å²) in [5.41, 5.74) is 1.78. The van der Waals surface area contributed by atoms with Crippen molar-refractivity contribution in [1.29, 1.82) is 0 Å². The van der Waals surface area contributed by atoms with Gasteiger partial charge in [0.2, 0.25) is 3.79 Å². The van der Waals surface area contributed by atoms with E-state index in [1.807, 2.05) is 24.3 Å². The quantitative estimate of drug-likeness (QED) is 0.706. The summed E-state index contributed by atoms with van der Waals surface area (Å²) >= 11 is 18.5. The molecule has 6 heteroatoms. The lowest BCUT2D eigenvalue weighted by atomic mass is 9.87. The molecule has 1 fully saturated rings. The van der Waals surface area contributed by atoms with Gasteiger partial charge in [0.15, 0.2) is 0 Å². The number of benzene rings is 1. The fraction of sp³-hybridized carbons (Fsp3) is 0.632. The summed E-state index contributed by atoms with van der Waals surface area (Å²) in [6.45, 7) is 10.2. The molecule has 0 aromatic heterocycles. The molecule has 0 aliphatic carbocycles. The second-order valence-electron chi connectivity index (χ2n) is 7.96. The van der Waals surface area contributed by atoms with Gasteiger partial charge in [-0.1, -0.05) is 74.6 Å². The number of nitrogens with zero attached hydrogens (tertiary/aromatic N) is 1. The highest BCUT2D eigenvalue weighted by molar-refractivity contribution is 6.68. The van der Waals surface area contributed by atoms with E-state index in [4.69, 9.17) is 34.8 Å². The Kier molecular flexibility index (Phi) is 6.70. The minimum atomic E-state index is -1.58. The number of carbonyl (C=O) groups is 1. The third kappa shape index (κ3) is 5.75. The van der Waals surface area contributed by atoms with Crippen molar-refractivity contribution in [1.82, 2.24) is 10.2 Å². The minimum Gasteiger partial charge on any atom is -0.332 e. The van der Waals surface area contributed by atoms with E-state index in [9.17, 15) is 4.79 Å². The van der Waals surface area contributed by atoms with Crippen molar-refractivity contribution < 1.29 is 4.79 Å². The zero-order valence-electron chi connectivity index (χ0n) is 15.3. The zero-order chi connectivity index (χ0) is 18.8. The molecule has 0 bridgehead atoms. The second-order valence-corrected chi connectivity index (χ2v) is 10.3. The van der Waals surface area contributed by atoms with Crippen molar-refractivity contribution in [3.63, 3.8) is 0 Å². The molecule has 0 radical (unpaired) electrons. The van der Waals surface area contributed by atoms with Gasteiger partial charge in [-0.15, -0.1) is 0 Å². The van der Waals surface area contributed by atoms with Gasteiger partial charge in [-0.25, -0.2) is 0 Å². The van der Waals surface area contributed by atoms with Crippen molar-refractivity contribution in [3.05, 3.63) is 35.4 Å². The van der Waals surface area contributed by atoms with Crippen molar-refractivity contribution in [3.8, 4) is 0 Å². The van der Waals surface area contributed by atoms with Gasteiger partial charge in [-0.2, -0.15) is 0 Å². The molecule has 0 spiro atoms. The first kappa shape index (κ1) is 20.8. The van der Waals surface area contributed by atoms with E-state index < -0.39 is 9.96 Å². The van der Waals surface area contributed by atoms with E-state index in [1.165, 1.54) is 5.56 Å². The molecule has 0 saturated carbocycles. The molecule has 0 unspecified atom stereocenters. The van der Waals surface area contributed by atoms with E-state index in [-0.39, 0.29) is 11.3 Å². The molecule has 1 aromatic rings. The third-order valence-electron chi connectivity index (χ3n) is 4.77. The maximum absolute atomic E-state index is 12.7. The summed E-state index contributed by atoms with van der Waals surface area (Å²) in [6, 6.07) is 7.59. The Labute approximate surface area is 166 Å². The highest BCUT2D eigenvalue weighted by Gasteiger charge is 2.39. The first-order chi connectivity index (χ1) is 11.5. The van der Waals surface area contributed by atoms with Crippen LogP contribution in [-0.2, 0) is 5.41 Å². The zero-order valence-corrected chi connectivity index (χ0v) is 17.5. The van der Waals surface area contributed by atoms with Gasteiger partial charge in [0.05, 0.1) is 0 Å². The van der Waals surface area contributed by atoms with Crippen LogP contribution >= 0.6 is 34.8 Å². The summed E-state index contributed by atoms with van der Waals surface area (Å²) in [6.07, 6.45) is 1.43. The van der Waals surface area contributed by atoms with Gasteiger partial charge in [0.25, 0.3) is 5.91 Å². The molecule has 2 rings (SSSR count). The van der Waals surface area contributed by atoms with Crippen molar-refractivity contribution in [2.24, 2.45) is 5.92 Å². The average Bonchev–Trinajstić information content (AvgIpc) is 2.51. The predicted octanol–water partition coefficient (Wildman–Crippen LogP) is 5.14. The van der Waals surface area contributed by atoms with Crippen LogP contribution < -0.4 is 5.32 Å². The fourth-order valence-electron chi connectivity index (χ4n) is 3.00. The summed E-state index contributed by atoms with van der Waals surface area (Å²) in [7, 11) is 0. The van der Waals surface area contributed by atoms with Crippen LogP contribution in [0.25, 0.3) is 0 Å². The van der Waals surface area contributed by atoms with E-state index in [0.29, 0.717) is 11.5 Å². The average molecular weight is 406 g/mol. The lowest BCUT2D eigenvalue weighted by Gasteiger charge is -2.40. The Morgan fingerprint density at radius 3 is 2.08 bits per heavy atom. The maximum Gasteiger partial charge on any atom is 0.252 e. The molecule has 140 valence electrons.